The Balaban J connectivity index is 2.13. The van der Waals surface area contributed by atoms with Gasteiger partial charge in [-0.1, -0.05) is 40.0 Å². The second-order valence-corrected chi connectivity index (χ2v) is 6.33. The van der Waals surface area contributed by atoms with E-state index in [9.17, 15) is 4.79 Å². The minimum Gasteiger partial charge on any atom is -0.323 e. The van der Waals surface area contributed by atoms with Crippen LogP contribution in [-0.4, -0.2) is 29.1 Å². The maximum Gasteiger partial charge on any atom is 0.241 e. The van der Waals surface area contributed by atoms with Crippen molar-refractivity contribution < 1.29 is 4.79 Å². The predicted molar refractivity (Wildman–Crippen MR) is 74.1 cm³/mol. The van der Waals surface area contributed by atoms with Crippen LogP contribution in [0.5, 0.6) is 0 Å². The van der Waals surface area contributed by atoms with Crippen LogP contribution in [0, 0.1) is 11.8 Å². The molecule has 4 atom stereocenters. The van der Waals surface area contributed by atoms with E-state index >= 15 is 0 Å². The third kappa shape index (κ3) is 2.42. The SMILES string of the molecule is CCC1CCCCC1N1C(=O)C(C(C)C)NC1C. The minimum atomic E-state index is 0.0273. The van der Waals surface area contributed by atoms with E-state index in [0.717, 1.165) is 0 Å². The zero-order chi connectivity index (χ0) is 13.3. The molecule has 2 rings (SSSR count). The van der Waals surface area contributed by atoms with Gasteiger partial charge in [-0.05, 0) is 31.6 Å². The first kappa shape index (κ1) is 13.9. The topological polar surface area (TPSA) is 32.3 Å². The van der Waals surface area contributed by atoms with Gasteiger partial charge in [-0.25, -0.2) is 0 Å². The molecule has 1 saturated carbocycles. The van der Waals surface area contributed by atoms with Crippen LogP contribution in [0.3, 0.4) is 0 Å². The second-order valence-electron chi connectivity index (χ2n) is 6.33. The summed E-state index contributed by atoms with van der Waals surface area (Å²) in [6.07, 6.45) is 6.52. The highest BCUT2D eigenvalue weighted by Gasteiger charge is 2.43. The number of nitrogens with one attached hydrogen (secondary N) is 1. The van der Waals surface area contributed by atoms with Gasteiger partial charge in [0, 0.05) is 6.04 Å². The lowest BCUT2D eigenvalue weighted by molar-refractivity contribution is -0.134. The summed E-state index contributed by atoms with van der Waals surface area (Å²) < 4.78 is 0. The average Bonchev–Trinajstić information content (AvgIpc) is 2.65. The molecular formula is C15H28N2O. The van der Waals surface area contributed by atoms with Crippen molar-refractivity contribution in [2.45, 2.75) is 78.0 Å². The van der Waals surface area contributed by atoms with Crippen LogP contribution in [0.2, 0.25) is 0 Å². The summed E-state index contributed by atoms with van der Waals surface area (Å²) in [6.45, 7) is 8.66. The number of carbonyl (C=O) groups is 1. The molecule has 2 fully saturated rings. The molecule has 1 aliphatic heterocycles. The number of hydrogen-bond donors (Lipinski definition) is 1. The zero-order valence-electron chi connectivity index (χ0n) is 12.3. The van der Waals surface area contributed by atoms with Gasteiger partial charge in [0.05, 0.1) is 12.2 Å². The molecule has 0 spiro atoms. The maximum atomic E-state index is 12.6. The summed E-state index contributed by atoms with van der Waals surface area (Å²) in [5, 5.41) is 3.47. The van der Waals surface area contributed by atoms with Gasteiger partial charge in [0.1, 0.15) is 0 Å². The summed E-state index contributed by atoms with van der Waals surface area (Å²) in [7, 11) is 0. The molecule has 1 aliphatic carbocycles. The maximum absolute atomic E-state index is 12.6. The molecular weight excluding hydrogens is 224 g/mol. The highest BCUT2D eigenvalue weighted by atomic mass is 16.2. The highest BCUT2D eigenvalue weighted by Crippen LogP contribution is 2.34. The van der Waals surface area contributed by atoms with E-state index in [2.05, 4.69) is 37.9 Å². The van der Waals surface area contributed by atoms with E-state index in [0.29, 0.717) is 23.8 Å². The second kappa shape index (κ2) is 5.60. The molecule has 0 aromatic heterocycles. The Morgan fingerprint density at radius 2 is 2.00 bits per heavy atom. The van der Waals surface area contributed by atoms with Gasteiger partial charge in [-0.3, -0.25) is 10.1 Å². The number of hydrogen-bond acceptors (Lipinski definition) is 2. The van der Waals surface area contributed by atoms with Gasteiger partial charge < -0.3 is 4.90 Å². The van der Waals surface area contributed by atoms with E-state index in [1.807, 2.05) is 0 Å². The molecule has 4 unspecified atom stereocenters. The Morgan fingerprint density at radius 1 is 1.33 bits per heavy atom. The van der Waals surface area contributed by atoms with Gasteiger partial charge in [0.25, 0.3) is 0 Å². The smallest absolute Gasteiger partial charge is 0.241 e. The van der Waals surface area contributed by atoms with E-state index in [1.165, 1.54) is 32.1 Å². The summed E-state index contributed by atoms with van der Waals surface area (Å²) in [5.74, 6) is 1.43. The standard InChI is InChI=1S/C15H28N2O/c1-5-12-8-6-7-9-13(12)17-11(4)16-14(10(2)3)15(17)18/h10-14,16H,5-9H2,1-4H3. The van der Waals surface area contributed by atoms with Crippen LogP contribution in [0.4, 0.5) is 0 Å². The first-order valence-electron chi connectivity index (χ1n) is 7.64. The van der Waals surface area contributed by atoms with Crippen LogP contribution in [0.1, 0.15) is 59.8 Å². The molecule has 1 N–H and O–H groups in total. The fraction of sp³-hybridized carbons (Fsp3) is 0.933. The van der Waals surface area contributed by atoms with E-state index in [4.69, 9.17) is 0 Å². The van der Waals surface area contributed by atoms with Gasteiger partial charge in [0.15, 0.2) is 0 Å². The van der Waals surface area contributed by atoms with Crippen molar-refractivity contribution in [2.24, 2.45) is 11.8 Å². The molecule has 0 bridgehead atoms. The molecule has 3 nitrogen and oxygen atoms in total. The first-order chi connectivity index (χ1) is 8.56. The Morgan fingerprint density at radius 3 is 2.56 bits per heavy atom. The molecule has 1 heterocycles. The third-order valence-electron chi connectivity index (χ3n) is 4.78. The number of rotatable bonds is 3. The van der Waals surface area contributed by atoms with Crippen molar-refractivity contribution in [3.63, 3.8) is 0 Å². The molecule has 3 heteroatoms. The van der Waals surface area contributed by atoms with Gasteiger partial charge in [0.2, 0.25) is 5.91 Å². The highest BCUT2D eigenvalue weighted by molar-refractivity contribution is 5.84. The monoisotopic (exact) mass is 252 g/mol. The average molecular weight is 252 g/mol. The van der Waals surface area contributed by atoms with Crippen molar-refractivity contribution in [1.82, 2.24) is 10.2 Å². The molecule has 2 aliphatic rings. The van der Waals surface area contributed by atoms with E-state index in [1.54, 1.807) is 0 Å². The Hall–Kier alpha value is -0.570. The van der Waals surface area contributed by atoms with Crippen molar-refractivity contribution in [2.75, 3.05) is 0 Å². The Labute approximate surface area is 111 Å². The fourth-order valence-electron chi connectivity index (χ4n) is 3.72. The van der Waals surface area contributed by atoms with Crippen LogP contribution < -0.4 is 5.32 Å². The van der Waals surface area contributed by atoms with E-state index in [-0.39, 0.29) is 12.2 Å². The van der Waals surface area contributed by atoms with Gasteiger partial charge in [-0.2, -0.15) is 0 Å². The number of carbonyl (C=O) groups excluding carboxylic acids is 1. The van der Waals surface area contributed by atoms with Crippen LogP contribution in [0.25, 0.3) is 0 Å². The quantitative estimate of drug-likeness (QED) is 0.837. The molecule has 1 saturated heterocycles. The first-order valence-corrected chi connectivity index (χ1v) is 7.64. The molecule has 0 radical (unpaired) electrons. The molecule has 18 heavy (non-hydrogen) atoms. The fourth-order valence-corrected chi connectivity index (χ4v) is 3.72. The Bertz CT molecular complexity index is 303. The van der Waals surface area contributed by atoms with Crippen molar-refractivity contribution in [1.29, 1.82) is 0 Å². The summed E-state index contributed by atoms with van der Waals surface area (Å²) in [5.41, 5.74) is 0. The summed E-state index contributed by atoms with van der Waals surface area (Å²) in [4.78, 5) is 14.7. The lowest BCUT2D eigenvalue weighted by Crippen LogP contribution is -2.48. The minimum absolute atomic E-state index is 0.0273. The van der Waals surface area contributed by atoms with Gasteiger partial charge in [-0.15, -0.1) is 0 Å². The van der Waals surface area contributed by atoms with Crippen molar-refractivity contribution in [3.05, 3.63) is 0 Å². The predicted octanol–water partition coefficient (Wildman–Crippen LogP) is 2.76. The molecule has 0 aromatic rings. The number of amides is 1. The lowest BCUT2D eigenvalue weighted by atomic mass is 9.81. The third-order valence-corrected chi connectivity index (χ3v) is 4.78. The van der Waals surface area contributed by atoms with Crippen LogP contribution >= 0.6 is 0 Å². The molecule has 1 amide bonds. The van der Waals surface area contributed by atoms with Crippen molar-refractivity contribution in [3.8, 4) is 0 Å². The summed E-state index contributed by atoms with van der Waals surface area (Å²) in [6, 6.07) is 0.502. The Kier molecular flexibility index (Phi) is 4.31. The van der Waals surface area contributed by atoms with E-state index < -0.39 is 0 Å². The van der Waals surface area contributed by atoms with Crippen LogP contribution in [0.15, 0.2) is 0 Å². The van der Waals surface area contributed by atoms with Gasteiger partial charge >= 0.3 is 0 Å². The largest absolute Gasteiger partial charge is 0.323 e. The van der Waals surface area contributed by atoms with Crippen molar-refractivity contribution >= 4 is 5.91 Å². The zero-order valence-corrected chi connectivity index (χ0v) is 12.3. The normalized spacial score (nSPS) is 37.6. The molecule has 104 valence electrons. The number of nitrogens with zero attached hydrogens (tertiary/aromatic N) is 1. The summed E-state index contributed by atoms with van der Waals surface area (Å²) >= 11 is 0. The lowest BCUT2D eigenvalue weighted by Gasteiger charge is -2.39. The molecule has 0 aromatic carbocycles. The van der Waals surface area contributed by atoms with Crippen LogP contribution in [-0.2, 0) is 4.79 Å².